The van der Waals surface area contributed by atoms with Crippen LogP contribution >= 0.6 is 0 Å². The molecular weight excluding hydrogens is 370 g/mol. The molecule has 2 saturated heterocycles. The molecule has 11 heteroatoms. The number of carboxylic acid groups (broad SMARTS) is 2. The Morgan fingerprint density at radius 1 is 1.31 bits per heavy atom. The molecule has 0 bridgehead atoms. The van der Waals surface area contributed by atoms with E-state index in [0.717, 1.165) is 4.90 Å². The highest BCUT2D eigenvalue weighted by Gasteiger charge is 2.68. The Kier molecular flexibility index (Phi) is 5.31. The van der Waals surface area contributed by atoms with Gasteiger partial charge in [-0.1, -0.05) is 0 Å². The molecule has 3 atom stereocenters. The summed E-state index contributed by atoms with van der Waals surface area (Å²) in [6, 6.07) is -1.33. The van der Waals surface area contributed by atoms with Gasteiger partial charge in [-0.05, 0) is 26.7 Å². The summed E-state index contributed by atoms with van der Waals surface area (Å²) in [5.41, 5.74) is 0. The van der Waals surface area contributed by atoms with Crippen LogP contribution < -0.4 is 0 Å². The second-order valence-corrected chi connectivity index (χ2v) is 9.65. The van der Waals surface area contributed by atoms with Crippen molar-refractivity contribution in [3.63, 3.8) is 0 Å². The van der Waals surface area contributed by atoms with Crippen molar-refractivity contribution in [2.24, 2.45) is 5.92 Å². The van der Waals surface area contributed by atoms with Crippen LogP contribution in [0.1, 0.15) is 39.5 Å². The normalized spacial score (nSPS) is 26.5. The van der Waals surface area contributed by atoms with E-state index < -0.39 is 62.3 Å². The number of esters is 1. The molecule has 2 aliphatic heterocycles. The van der Waals surface area contributed by atoms with Gasteiger partial charge in [0.15, 0.2) is 9.84 Å². The molecule has 0 aromatic carbocycles. The zero-order valence-electron chi connectivity index (χ0n) is 14.4. The van der Waals surface area contributed by atoms with Gasteiger partial charge in [-0.2, -0.15) is 0 Å². The molecule has 0 spiro atoms. The Hall–Kier alpha value is -2.17. The lowest BCUT2D eigenvalue weighted by Crippen LogP contribution is -2.57. The lowest BCUT2D eigenvalue weighted by molar-refractivity contribution is -0.164. The van der Waals surface area contributed by atoms with Gasteiger partial charge in [0.2, 0.25) is 5.91 Å². The summed E-state index contributed by atoms with van der Waals surface area (Å²) in [5.74, 6) is -4.87. The fraction of sp³-hybridized carbons (Fsp3) is 0.733. The second kappa shape index (κ2) is 6.86. The van der Waals surface area contributed by atoms with Crippen molar-refractivity contribution < 1.29 is 42.5 Å². The largest absolute Gasteiger partial charge is 0.481 e. The van der Waals surface area contributed by atoms with E-state index >= 15 is 0 Å². The van der Waals surface area contributed by atoms with Crippen molar-refractivity contribution in [1.82, 2.24) is 4.90 Å². The fourth-order valence-corrected chi connectivity index (χ4v) is 5.37. The summed E-state index contributed by atoms with van der Waals surface area (Å²) < 4.78 is 28.3. The number of sulfone groups is 1. The van der Waals surface area contributed by atoms with E-state index in [1.165, 1.54) is 13.8 Å². The van der Waals surface area contributed by atoms with Gasteiger partial charge in [0, 0.05) is 6.42 Å². The number of rotatable bonds is 8. The highest BCUT2D eigenvalue weighted by atomic mass is 32.2. The first-order chi connectivity index (χ1) is 11.9. The van der Waals surface area contributed by atoms with E-state index in [0.29, 0.717) is 0 Å². The molecule has 1 amide bonds. The quantitative estimate of drug-likeness (QED) is 0.416. The van der Waals surface area contributed by atoms with Gasteiger partial charge >= 0.3 is 17.9 Å². The van der Waals surface area contributed by atoms with E-state index in [1.807, 2.05) is 0 Å². The maximum Gasteiger partial charge on any atom is 0.330 e. The Balaban J connectivity index is 2.05. The van der Waals surface area contributed by atoms with Crippen molar-refractivity contribution in [2.75, 3.05) is 6.61 Å². The molecule has 26 heavy (non-hydrogen) atoms. The van der Waals surface area contributed by atoms with Crippen LogP contribution in [0.25, 0.3) is 0 Å². The lowest BCUT2D eigenvalue weighted by atomic mass is 9.98. The van der Waals surface area contributed by atoms with Crippen molar-refractivity contribution in [3.05, 3.63) is 0 Å². The molecule has 0 radical (unpaired) electrons. The molecule has 0 aromatic heterocycles. The monoisotopic (exact) mass is 391 g/mol. The molecule has 2 rings (SSSR count). The van der Waals surface area contributed by atoms with Gasteiger partial charge in [0.1, 0.15) is 18.0 Å². The topological polar surface area (TPSA) is 155 Å². The van der Waals surface area contributed by atoms with E-state index in [4.69, 9.17) is 14.9 Å². The minimum absolute atomic E-state index is 0.00740. The zero-order valence-corrected chi connectivity index (χ0v) is 15.2. The summed E-state index contributed by atoms with van der Waals surface area (Å²) in [5, 5.41) is 16.7. The van der Waals surface area contributed by atoms with Crippen LogP contribution in [-0.2, 0) is 33.8 Å². The maximum absolute atomic E-state index is 12.4. The van der Waals surface area contributed by atoms with Crippen LogP contribution in [0.3, 0.4) is 0 Å². The molecule has 146 valence electrons. The summed E-state index contributed by atoms with van der Waals surface area (Å²) in [4.78, 5) is 46.9. The Labute approximate surface area is 150 Å². The van der Waals surface area contributed by atoms with Crippen LogP contribution in [0.2, 0.25) is 0 Å². The van der Waals surface area contributed by atoms with Gasteiger partial charge < -0.3 is 19.8 Å². The van der Waals surface area contributed by atoms with Crippen molar-refractivity contribution in [3.8, 4) is 0 Å². The molecule has 10 nitrogen and oxygen atoms in total. The average Bonchev–Trinajstić information content (AvgIpc) is 2.63. The number of β-lactam (4-membered cyclic amide) rings is 1. The van der Waals surface area contributed by atoms with Crippen LogP contribution in [-0.4, -0.2) is 70.1 Å². The average molecular weight is 391 g/mol. The third-order valence-electron chi connectivity index (χ3n) is 4.92. The Morgan fingerprint density at radius 3 is 2.42 bits per heavy atom. The SMILES string of the molecule is CC1(C)[C@H](C(=O)OCC(CCCC(=O)O)C(=O)O)N2C(=O)C[C@H]2S1(=O)=O. The van der Waals surface area contributed by atoms with Gasteiger partial charge in [-0.15, -0.1) is 0 Å². The predicted octanol–water partition coefficient (Wildman–Crippen LogP) is -0.381. The fourth-order valence-electron chi connectivity index (χ4n) is 3.25. The van der Waals surface area contributed by atoms with Crippen LogP contribution in [0, 0.1) is 5.92 Å². The first-order valence-corrected chi connectivity index (χ1v) is 9.61. The Bertz CT molecular complexity index is 742. The lowest BCUT2D eigenvalue weighted by Gasteiger charge is -2.36. The summed E-state index contributed by atoms with van der Waals surface area (Å²) in [7, 11) is -3.75. The number of aliphatic carboxylic acids is 2. The van der Waals surface area contributed by atoms with E-state index in [1.54, 1.807) is 0 Å². The summed E-state index contributed by atoms with van der Waals surface area (Å²) in [6.07, 6.45) is -0.301. The van der Waals surface area contributed by atoms with Gasteiger partial charge in [0.05, 0.1) is 17.1 Å². The number of hydrogen-bond acceptors (Lipinski definition) is 7. The highest BCUT2D eigenvalue weighted by molar-refractivity contribution is 7.93. The second-order valence-electron chi connectivity index (χ2n) is 6.96. The van der Waals surface area contributed by atoms with E-state index in [-0.39, 0.29) is 25.7 Å². The standard InChI is InChI=1S/C15H21NO9S/c1-15(2)12(16-9(17)6-10(16)26(15,23)24)14(22)25-7-8(13(20)21)4-3-5-11(18)19/h8,10,12H,3-7H2,1-2H3,(H,18,19)(H,20,21)/t8?,10-,12+/m1/s1. The number of hydrogen-bond donors (Lipinski definition) is 2. The van der Waals surface area contributed by atoms with Gasteiger partial charge in [-0.25, -0.2) is 13.2 Å². The number of ether oxygens (including phenoxy) is 1. The molecule has 2 N–H and O–H groups in total. The molecule has 0 aliphatic carbocycles. The molecule has 2 heterocycles. The predicted molar refractivity (Wildman–Crippen MR) is 85.6 cm³/mol. The Morgan fingerprint density at radius 2 is 1.92 bits per heavy atom. The van der Waals surface area contributed by atoms with E-state index in [9.17, 15) is 27.6 Å². The molecule has 0 saturated carbocycles. The van der Waals surface area contributed by atoms with Crippen molar-refractivity contribution in [2.45, 2.75) is 55.7 Å². The number of amides is 1. The molecule has 0 aromatic rings. The maximum atomic E-state index is 12.4. The molecular formula is C15H21NO9S. The van der Waals surface area contributed by atoms with Crippen molar-refractivity contribution >= 4 is 33.7 Å². The first-order valence-electron chi connectivity index (χ1n) is 8.07. The molecule has 2 fully saturated rings. The third kappa shape index (κ3) is 3.27. The van der Waals surface area contributed by atoms with Crippen molar-refractivity contribution in [1.29, 1.82) is 0 Å². The van der Waals surface area contributed by atoms with E-state index in [2.05, 4.69) is 0 Å². The smallest absolute Gasteiger partial charge is 0.330 e. The van der Waals surface area contributed by atoms with Crippen LogP contribution in [0.4, 0.5) is 0 Å². The molecule has 2 aliphatic rings. The summed E-state index contributed by atoms with van der Waals surface area (Å²) in [6.45, 7) is 2.15. The number of carbonyl (C=O) groups is 4. The first kappa shape index (κ1) is 20.1. The number of carboxylic acids is 2. The highest BCUT2D eigenvalue weighted by Crippen LogP contribution is 2.46. The zero-order chi connectivity index (χ0) is 19.9. The van der Waals surface area contributed by atoms with Gasteiger partial charge in [-0.3, -0.25) is 14.4 Å². The van der Waals surface area contributed by atoms with Gasteiger partial charge in [0.25, 0.3) is 0 Å². The summed E-state index contributed by atoms with van der Waals surface area (Å²) >= 11 is 0. The number of nitrogens with zero attached hydrogens (tertiary/aromatic N) is 1. The number of fused-ring (bicyclic) bond motifs is 1. The third-order valence-corrected chi connectivity index (χ3v) is 7.72. The minimum Gasteiger partial charge on any atom is -0.481 e. The number of carbonyl (C=O) groups excluding carboxylic acids is 2. The van der Waals surface area contributed by atoms with Crippen LogP contribution in [0.5, 0.6) is 0 Å². The minimum atomic E-state index is -3.75. The molecule has 1 unspecified atom stereocenters. The van der Waals surface area contributed by atoms with Crippen LogP contribution in [0.15, 0.2) is 0 Å².